The van der Waals surface area contributed by atoms with Crippen LogP contribution in [0.25, 0.3) is 0 Å². The highest BCUT2D eigenvalue weighted by Gasteiger charge is 2.29. The van der Waals surface area contributed by atoms with Crippen LogP contribution in [0.5, 0.6) is 0 Å². The number of Topliss-reactive ketones (excluding diaryl/α,β-unsaturated/α-hetero) is 4. The predicted octanol–water partition coefficient (Wildman–Crippen LogP) is 4.59. The number of hydrogen-bond acceptors (Lipinski definition) is 16. The topological polar surface area (TPSA) is 347 Å². The molecule has 0 unspecified atom stereocenters. The third kappa shape index (κ3) is 33.5. The lowest BCUT2D eigenvalue weighted by molar-refractivity contribution is -0.142. The number of carboxylic acids is 4. The number of nitrogens with zero attached hydrogens (tertiary/aromatic N) is 4. The Balaban J connectivity index is 1.20. The van der Waals surface area contributed by atoms with Crippen LogP contribution in [-0.2, 0) is 72.1 Å². The minimum Gasteiger partial charge on any atom is -0.481 e. The molecule has 0 aromatic heterocycles. The lowest BCUT2D eigenvalue weighted by Gasteiger charge is -2.32. The highest BCUT2D eigenvalue weighted by atomic mass is 16.4. The van der Waals surface area contributed by atoms with Crippen molar-refractivity contribution in [1.82, 2.24) is 40.9 Å². The number of rotatable bonds is 43. The summed E-state index contributed by atoms with van der Waals surface area (Å²) in [7, 11) is 1.94. The second kappa shape index (κ2) is 42.8. The number of carbonyl (C=O) groups is 12. The van der Waals surface area contributed by atoms with Crippen molar-refractivity contribution in [2.45, 2.75) is 147 Å². The number of carbonyl (C=O) groups excluding carboxylic acids is 8. The number of hydrogen-bond donors (Lipinski definition) is 8. The molecule has 3 aromatic carbocycles. The third-order valence-corrected chi connectivity index (χ3v) is 15.8. The molecule has 4 rings (SSSR count). The van der Waals surface area contributed by atoms with Crippen LogP contribution in [0.15, 0.2) is 84.9 Å². The van der Waals surface area contributed by atoms with Gasteiger partial charge in [-0.1, -0.05) is 91.3 Å². The van der Waals surface area contributed by atoms with Crippen molar-refractivity contribution in [1.29, 1.82) is 0 Å². The largest absolute Gasteiger partial charge is 0.481 e. The number of aliphatic carboxylic acids is 4. The van der Waals surface area contributed by atoms with E-state index >= 15 is 0 Å². The summed E-state index contributed by atoms with van der Waals surface area (Å²) in [6.07, 6.45) is 4.14. The second-order valence-corrected chi connectivity index (χ2v) is 23.5. The van der Waals surface area contributed by atoms with Gasteiger partial charge in [0.05, 0.1) is 25.7 Å². The lowest BCUT2D eigenvalue weighted by Crippen LogP contribution is -2.47. The smallest absolute Gasteiger partial charge is 0.326 e. The molecule has 0 spiro atoms. The van der Waals surface area contributed by atoms with Crippen molar-refractivity contribution in [3.8, 4) is 0 Å². The average molecular weight is 1270 g/mol. The van der Waals surface area contributed by atoms with E-state index in [1.54, 1.807) is 34.1 Å². The van der Waals surface area contributed by atoms with Crippen LogP contribution in [0.2, 0.25) is 0 Å². The SMILES string of the molecule is CN1CCN(CC(=O)O)CCN(CC(=O)O)CCN(CC(=O)CCCNC(=O)CCCCC(=O)c2ccc(CNC(=O)[C@@H](CC(=O)[C@H](Cc3ccccc3)NC(=O)CCCCC(=O)CC[C@@H](NC(=O)CCCCCC(=O)O)C(=O)O)Cc3ccccc3)cc2)CC1. The molecule has 0 radical (unpaired) electrons. The maximum absolute atomic E-state index is 14.3. The van der Waals surface area contributed by atoms with Gasteiger partial charge in [0.1, 0.15) is 17.6 Å². The van der Waals surface area contributed by atoms with Gasteiger partial charge in [0.15, 0.2) is 11.6 Å². The Morgan fingerprint density at radius 1 is 0.440 bits per heavy atom. The molecule has 0 aliphatic carbocycles. The molecule has 3 atom stereocenters. The Labute approximate surface area is 533 Å². The first-order chi connectivity index (χ1) is 43.6. The van der Waals surface area contributed by atoms with Gasteiger partial charge in [0.25, 0.3) is 0 Å². The Kier molecular flexibility index (Phi) is 35.5. The first kappa shape index (κ1) is 75.4. The molecule has 0 bridgehead atoms. The van der Waals surface area contributed by atoms with Crippen LogP contribution in [0.4, 0.5) is 0 Å². The number of nitrogens with one attached hydrogen (secondary N) is 4. The fourth-order valence-corrected chi connectivity index (χ4v) is 10.5. The van der Waals surface area contributed by atoms with Gasteiger partial charge in [0.2, 0.25) is 23.6 Å². The highest BCUT2D eigenvalue weighted by Crippen LogP contribution is 2.19. The molecule has 91 heavy (non-hydrogen) atoms. The van der Waals surface area contributed by atoms with Crippen molar-refractivity contribution in [2.24, 2.45) is 5.92 Å². The van der Waals surface area contributed by atoms with E-state index in [0.717, 1.165) is 16.7 Å². The maximum atomic E-state index is 14.3. The first-order valence-corrected chi connectivity index (χ1v) is 31.7. The molecular formula is C67H94N8O16. The van der Waals surface area contributed by atoms with E-state index in [1.165, 1.54) is 0 Å². The molecular weight excluding hydrogens is 1170 g/mol. The second-order valence-electron chi connectivity index (χ2n) is 23.5. The van der Waals surface area contributed by atoms with Crippen molar-refractivity contribution < 1.29 is 78.0 Å². The summed E-state index contributed by atoms with van der Waals surface area (Å²) in [4.78, 5) is 159. The third-order valence-electron chi connectivity index (χ3n) is 15.8. The molecule has 4 amide bonds. The van der Waals surface area contributed by atoms with E-state index in [-0.39, 0.29) is 138 Å². The number of carboxylic acid groups (broad SMARTS) is 4. The quantitative estimate of drug-likeness (QED) is 0.0284. The minimum atomic E-state index is -1.28. The van der Waals surface area contributed by atoms with Crippen LogP contribution in [-0.4, -0.2) is 208 Å². The van der Waals surface area contributed by atoms with Crippen LogP contribution in [0.1, 0.15) is 143 Å². The van der Waals surface area contributed by atoms with Gasteiger partial charge in [-0.25, -0.2) is 4.79 Å². The molecule has 24 nitrogen and oxygen atoms in total. The Morgan fingerprint density at radius 3 is 1.48 bits per heavy atom. The van der Waals surface area contributed by atoms with Crippen LogP contribution < -0.4 is 21.3 Å². The molecule has 498 valence electrons. The van der Waals surface area contributed by atoms with E-state index in [9.17, 15) is 72.9 Å². The summed E-state index contributed by atoms with van der Waals surface area (Å²) in [6, 6.07) is 23.0. The Hall–Kier alpha value is -8.06. The fourth-order valence-electron chi connectivity index (χ4n) is 10.5. The molecule has 3 aromatic rings. The first-order valence-electron chi connectivity index (χ1n) is 31.7. The molecule has 1 aliphatic heterocycles. The summed E-state index contributed by atoms with van der Waals surface area (Å²) >= 11 is 0. The van der Waals surface area contributed by atoms with Gasteiger partial charge in [-0.3, -0.25) is 67.4 Å². The van der Waals surface area contributed by atoms with E-state index in [2.05, 4.69) is 26.2 Å². The standard InChI is InChI=1S/C67H94N8O16/c1-72-34-36-73(38-39-75(48-65(87)88)41-40-74(37-35-72)47-64(85)86)46-55(77)21-15-33-68-60(80)23-14-12-22-58(78)52-29-27-51(28-30-52)45-69-66(89)53(42-49-16-5-2-6-17-49)44-59(79)57(43-50-18-7-3-8-19-50)71-62(82)25-13-11-20-54(76)31-32-56(67(90)91)70-61(81)24-9-4-10-26-63(83)84/h2-3,5-8,16-19,27-30,53,56-57H,4,9-15,20-26,31-48H2,1H3,(H,68,80)(H,69,89)(H,70,81)(H,71,82)(H,83,84)(H,85,86)(H,87,88)(H,90,91)/t53-,56-,57+/m1/s1. The Morgan fingerprint density at radius 2 is 0.923 bits per heavy atom. The molecule has 0 saturated carbocycles. The molecule has 1 saturated heterocycles. The summed E-state index contributed by atoms with van der Waals surface area (Å²) in [5.41, 5.74) is 2.82. The van der Waals surface area contributed by atoms with Crippen molar-refractivity contribution in [3.63, 3.8) is 0 Å². The van der Waals surface area contributed by atoms with E-state index in [0.29, 0.717) is 116 Å². The van der Waals surface area contributed by atoms with Gasteiger partial charge >= 0.3 is 23.9 Å². The lowest BCUT2D eigenvalue weighted by atomic mass is 9.89. The van der Waals surface area contributed by atoms with Crippen LogP contribution in [0, 0.1) is 5.92 Å². The van der Waals surface area contributed by atoms with Crippen molar-refractivity contribution >= 4 is 70.6 Å². The van der Waals surface area contributed by atoms with Gasteiger partial charge in [-0.15, -0.1) is 0 Å². The van der Waals surface area contributed by atoms with Crippen molar-refractivity contribution in [2.75, 3.05) is 85.6 Å². The molecule has 1 fully saturated rings. The zero-order valence-electron chi connectivity index (χ0n) is 52.6. The monoisotopic (exact) mass is 1270 g/mol. The zero-order chi connectivity index (χ0) is 66.3. The molecule has 8 N–H and O–H groups in total. The van der Waals surface area contributed by atoms with Crippen LogP contribution >= 0.6 is 0 Å². The van der Waals surface area contributed by atoms with E-state index in [4.69, 9.17) is 5.11 Å². The number of ketones is 4. The number of benzene rings is 3. The zero-order valence-corrected chi connectivity index (χ0v) is 52.6. The van der Waals surface area contributed by atoms with Crippen molar-refractivity contribution in [3.05, 3.63) is 107 Å². The molecule has 1 heterocycles. The Bertz CT molecular complexity index is 2820. The van der Waals surface area contributed by atoms with E-state index in [1.807, 2.05) is 72.6 Å². The number of likely N-dealkylation sites (N-methyl/N-ethyl adjacent to an activating group) is 1. The highest BCUT2D eigenvalue weighted by molar-refractivity contribution is 5.96. The fraction of sp³-hybridized carbons (Fsp3) is 0.552. The van der Waals surface area contributed by atoms with Gasteiger partial charge in [0, 0.05) is 135 Å². The summed E-state index contributed by atoms with van der Waals surface area (Å²) in [5, 5.41) is 48.3. The average Bonchev–Trinajstić information content (AvgIpc) is 2.71. The predicted molar refractivity (Wildman–Crippen MR) is 339 cm³/mol. The van der Waals surface area contributed by atoms with Gasteiger partial charge in [-0.05, 0) is 87.9 Å². The van der Waals surface area contributed by atoms with E-state index < -0.39 is 53.7 Å². The van der Waals surface area contributed by atoms with Crippen LogP contribution in [0.3, 0.4) is 0 Å². The molecule has 1 aliphatic rings. The number of amides is 4. The van der Waals surface area contributed by atoms with Gasteiger partial charge in [-0.2, -0.15) is 0 Å². The number of unbranched alkanes of at least 4 members (excludes halogenated alkanes) is 4. The summed E-state index contributed by atoms with van der Waals surface area (Å²) in [6.45, 7) is 4.25. The molecule has 24 heteroatoms. The summed E-state index contributed by atoms with van der Waals surface area (Å²) < 4.78 is 0. The van der Waals surface area contributed by atoms with Gasteiger partial charge < -0.3 is 46.6 Å². The minimum absolute atomic E-state index is 0.00254. The maximum Gasteiger partial charge on any atom is 0.326 e. The normalized spacial score (nSPS) is 14.7. The summed E-state index contributed by atoms with van der Waals surface area (Å²) in [5.74, 6) is -7.09.